The lowest BCUT2D eigenvalue weighted by molar-refractivity contribution is -0.124. The fraction of sp³-hybridized carbons (Fsp3) is 0.500. The molecule has 4 heteroatoms. The zero-order chi connectivity index (χ0) is 15.1. The highest BCUT2D eigenvalue weighted by Gasteiger charge is 2.26. The molecular weight excluding hydrogens is 254 g/mol. The van der Waals surface area contributed by atoms with E-state index >= 15 is 0 Å². The fourth-order valence-corrected chi connectivity index (χ4v) is 1.82. The van der Waals surface area contributed by atoms with Gasteiger partial charge in [-0.05, 0) is 11.5 Å². The molecule has 0 aliphatic carbocycles. The molecule has 0 heterocycles. The van der Waals surface area contributed by atoms with Gasteiger partial charge in [-0.15, -0.1) is 0 Å². The zero-order valence-corrected chi connectivity index (χ0v) is 12.6. The highest BCUT2D eigenvalue weighted by Crippen LogP contribution is 2.10. The highest BCUT2D eigenvalue weighted by atomic mass is 16.5. The second-order valence-electron chi connectivity index (χ2n) is 5.48. The summed E-state index contributed by atoms with van der Waals surface area (Å²) in [6.45, 7) is 7.67. The zero-order valence-electron chi connectivity index (χ0n) is 12.6. The van der Waals surface area contributed by atoms with Crippen LogP contribution >= 0.6 is 0 Å². The Labute approximate surface area is 120 Å². The van der Waals surface area contributed by atoms with Gasteiger partial charge in [0.2, 0.25) is 0 Å². The van der Waals surface area contributed by atoms with Gasteiger partial charge in [0.1, 0.15) is 6.61 Å². The van der Waals surface area contributed by atoms with Crippen LogP contribution in [0.5, 0.6) is 0 Å². The van der Waals surface area contributed by atoms with Gasteiger partial charge < -0.3 is 10.1 Å². The molecule has 0 aliphatic rings. The molecule has 0 unspecified atom stereocenters. The van der Waals surface area contributed by atoms with E-state index in [4.69, 9.17) is 4.74 Å². The van der Waals surface area contributed by atoms with Gasteiger partial charge in [0.25, 0.3) is 0 Å². The number of amides is 1. The van der Waals surface area contributed by atoms with Crippen LogP contribution in [0.15, 0.2) is 30.3 Å². The van der Waals surface area contributed by atoms with Crippen LogP contribution in [0.3, 0.4) is 0 Å². The molecule has 0 radical (unpaired) electrons. The molecule has 0 bridgehead atoms. The lowest BCUT2D eigenvalue weighted by Crippen LogP contribution is -2.46. The lowest BCUT2D eigenvalue weighted by Gasteiger charge is -2.22. The minimum atomic E-state index is -0.554. The maximum atomic E-state index is 12.0. The Morgan fingerprint density at radius 3 is 2.20 bits per heavy atom. The minimum Gasteiger partial charge on any atom is -0.445 e. The van der Waals surface area contributed by atoms with Gasteiger partial charge >= 0.3 is 6.09 Å². The van der Waals surface area contributed by atoms with E-state index in [9.17, 15) is 9.59 Å². The van der Waals surface area contributed by atoms with Gasteiger partial charge in [-0.25, -0.2) is 4.79 Å². The van der Waals surface area contributed by atoms with Crippen molar-refractivity contribution in [3.8, 4) is 0 Å². The first-order chi connectivity index (χ1) is 9.41. The molecule has 1 aromatic rings. The molecule has 0 spiro atoms. The van der Waals surface area contributed by atoms with Crippen LogP contribution in [0.2, 0.25) is 0 Å². The first-order valence-electron chi connectivity index (χ1n) is 6.92. The SMILES string of the molecule is CC(C)C(=O)[C@@H](NC(=O)OCc1ccccc1)C(C)C. The molecule has 1 N–H and O–H groups in total. The molecule has 0 aromatic heterocycles. The molecule has 4 nitrogen and oxygen atoms in total. The number of rotatable bonds is 6. The molecule has 0 fully saturated rings. The van der Waals surface area contributed by atoms with E-state index in [1.165, 1.54) is 0 Å². The quantitative estimate of drug-likeness (QED) is 0.869. The normalized spacial score (nSPS) is 12.3. The second kappa shape index (κ2) is 7.68. The number of nitrogens with one attached hydrogen (secondary N) is 1. The maximum Gasteiger partial charge on any atom is 0.408 e. The van der Waals surface area contributed by atoms with Crippen LogP contribution in [0.1, 0.15) is 33.3 Å². The van der Waals surface area contributed by atoms with Crippen molar-refractivity contribution >= 4 is 11.9 Å². The minimum absolute atomic E-state index is 0.0247. The summed E-state index contributed by atoms with van der Waals surface area (Å²) in [6, 6.07) is 8.93. The number of hydrogen-bond acceptors (Lipinski definition) is 3. The molecule has 20 heavy (non-hydrogen) atoms. The smallest absolute Gasteiger partial charge is 0.408 e. The molecule has 0 saturated carbocycles. The first-order valence-corrected chi connectivity index (χ1v) is 6.92. The number of carbonyl (C=O) groups excluding carboxylic acids is 2. The van der Waals surface area contributed by atoms with E-state index in [2.05, 4.69) is 5.32 Å². The first kappa shape index (κ1) is 16.2. The summed E-state index contributed by atoms with van der Waals surface area (Å²) < 4.78 is 5.14. The van der Waals surface area contributed by atoms with Crippen LogP contribution in [0.4, 0.5) is 4.79 Å². The van der Waals surface area contributed by atoms with Crippen molar-refractivity contribution in [2.45, 2.75) is 40.3 Å². The van der Waals surface area contributed by atoms with Crippen LogP contribution < -0.4 is 5.32 Å². The monoisotopic (exact) mass is 277 g/mol. The van der Waals surface area contributed by atoms with Gasteiger partial charge in [0, 0.05) is 5.92 Å². The van der Waals surface area contributed by atoms with Crippen molar-refractivity contribution in [2.24, 2.45) is 11.8 Å². The summed E-state index contributed by atoms with van der Waals surface area (Å²) in [4.78, 5) is 23.8. The molecule has 1 amide bonds. The number of Topliss-reactive ketones (excluding diaryl/α,β-unsaturated/α-hetero) is 1. The van der Waals surface area contributed by atoms with Crippen molar-refractivity contribution in [3.05, 3.63) is 35.9 Å². The molecule has 0 aliphatic heterocycles. The van der Waals surface area contributed by atoms with Crippen molar-refractivity contribution in [2.75, 3.05) is 0 Å². The van der Waals surface area contributed by atoms with Gasteiger partial charge in [0.15, 0.2) is 5.78 Å². The maximum absolute atomic E-state index is 12.0. The van der Waals surface area contributed by atoms with Gasteiger partial charge in [0.05, 0.1) is 6.04 Å². The molecule has 1 aromatic carbocycles. The van der Waals surface area contributed by atoms with E-state index < -0.39 is 12.1 Å². The largest absolute Gasteiger partial charge is 0.445 e. The Hall–Kier alpha value is -1.84. The third-order valence-electron chi connectivity index (χ3n) is 3.03. The Bertz CT molecular complexity index is 440. The summed E-state index contributed by atoms with van der Waals surface area (Å²) in [5.74, 6) is -0.0531. The predicted molar refractivity (Wildman–Crippen MR) is 78.2 cm³/mol. The fourth-order valence-electron chi connectivity index (χ4n) is 1.82. The van der Waals surface area contributed by atoms with Crippen LogP contribution in [-0.2, 0) is 16.1 Å². The van der Waals surface area contributed by atoms with Gasteiger partial charge in [-0.1, -0.05) is 58.0 Å². The highest BCUT2D eigenvalue weighted by molar-refractivity contribution is 5.88. The number of ether oxygens (including phenoxy) is 1. The summed E-state index contributed by atoms with van der Waals surface area (Å²) in [6.07, 6.45) is -0.554. The number of hydrogen-bond donors (Lipinski definition) is 1. The average Bonchev–Trinajstić information content (AvgIpc) is 2.42. The summed E-state index contributed by atoms with van der Waals surface area (Å²) in [7, 11) is 0. The van der Waals surface area contributed by atoms with Crippen LogP contribution in [0.25, 0.3) is 0 Å². The molecule has 110 valence electrons. The van der Waals surface area contributed by atoms with E-state index in [-0.39, 0.29) is 24.2 Å². The number of carbonyl (C=O) groups is 2. The van der Waals surface area contributed by atoms with Crippen molar-refractivity contribution < 1.29 is 14.3 Å². The summed E-state index contributed by atoms with van der Waals surface area (Å²) in [5.41, 5.74) is 0.916. The van der Waals surface area contributed by atoms with Crippen LogP contribution in [-0.4, -0.2) is 17.9 Å². The lowest BCUT2D eigenvalue weighted by atomic mass is 9.93. The van der Waals surface area contributed by atoms with Crippen molar-refractivity contribution in [3.63, 3.8) is 0 Å². The topological polar surface area (TPSA) is 55.4 Å². The summed E-state index contributed by atoms with van der Waals surface area (Å²) >= 11 is 0. The van der Waals surface area contributed by atoms with Crippen molar-refractivity contribution in [1.82, 2.24) is 5.32 Å². The molecule has 0 saturated heterocycles. The standard InChI is InChI=1S/C16H23NO3/c1-11(2)14(15(18)12(3)4)17-16(19)20-10-13-8-6-5-7-9-13/h5-9,11-12,14H,10H2,1-4H3,(H,17,19)/t14-/m0/s1. The van der Waals surface area contributed by atoms with Gasteiger partial charge in [-0.2, -0.15) is 0 Å². The van der Waals surface area contributed by atoms with E-state index in [1.807, 2.05) is 58.0 Å². The Morgan fingerprint density at radius 2 is 1.70 bits per heavy atom. The third-order valence-corrected chi connectivity index (χ3v) is 3.03. The van der Waals surface area contributed by atoms with E-state index in [1.54, 1.807) is 0 Å². The Balaban J connectivity index is 2.52. The number of ketones is 1. The Kier molecular flexibility index (Phi) is 6.22. The van der Waals surface area contributed by atoms with E-state index in [0.29, 0.717) is 0 Å². The number of alkyl carbamates (subject to hydrolysis) is 1. The summed E-state index contributed by atoms with van der Waals surface area (Å²) in [5, 5.41) is 2.66. The van der Waals surface area contributed by atoms with Crippen LogP contribution in [0, 0.1) is 11.8 Å². The predicted octanol–water partition coefficient (Wildman–Crippen LogP) is 3.16. The molecule has 1 atom stereocenters. The second-order valence-corrected chi connectivity index (χ2v) is 5.48. The number of benzene rings is 1. The van der Waals surface area contributed by atoms with E-state index in [0.717, 1.165) is 5.56 Å². The third kappa shape index (κ3) is 5.03. The molecule has 1 rings (SSSR count). The Morgan fingerprint density at radius 1 is 1.10 bits per heavy atom. The average molecular weight is 277 g/mol. The van der Waals surface area contributed by atoms with Crippen molar-refractivity contribution in [1.29, 1.82) is 0 Å². The molecular formula is C16H23NO3. The van der Waals surface area contributed by atoms with Gasteiger partial charge in [-0.3, -0.25) is 4.79 Å².